The minimum absolute atomic E-state index is 0.199. The van der Waals surface area contributed by atoms with Gasteiger partial charge in [0.1, 0.15) is 0 Å². The third kappa shape index (κ3) is 3.23. The molecular formula is C10H13NO2. The van der Waals surface area contributed by atoms with Crippen LogP contribution in [0.2, 0.25) is 0 Å². The van der Waals surface area contributed by atoms with Crippen LogP contribution < -0.4 is 0 Å². The van der Waals surface area contributed by atoms with E-state index in [4.69, 9.17) is 4.74 Å². The summed E-state index contributed by atoms with van der Waals surface area (Å²) in [4.78, 5) is 15.1. The van der Waals surface area contributed by atoms with Gasteiger partial charge in [0, 0.05) is 12.4 Å². The zero-order chi connectivity index (χ0) is 9.68. The molecule has 0 aliphatic rings. The number of hydrogen-bond donors (Lipinski definition) is 0. The number of hydrogen-bond acceptors (Lipinski definition) is 3. The maximum atomic E-state index is 11.1. The highest BCUT2D eigenvalue weighted by Crippen LogP contribution is 2.02. The van der Waals surface area contributed by atoms with Crippen LogP contribution in [0.15, 0.2) is 18.5 Å². The van der Waals surface area contributed by atoms with Crippen molar-refractivity contribution >= 4 is 5.97 Å². The van der Waals surface area contributed by atoms with Crippen LogP contribution in [0.5, 0.6) is 0 Å². The van der Waals surface area contributed by atoms with Gasteiger partial charge >= 0.3 is 5.97 Å². The van der Waals surface area contributed by atoms with Crippen molar-refractivity contribution < 1.29 is 9.53 Å². The Bertz CT molecular complexity index is 297. The molecule has 1 aromatic rings. The summed E-state index contributed by atoms with van der Waals surface area (Å²) in [6, 6.07) is 1.93. The summed E-state index contributed by atoms with van der Waals surface area (Å²) in [6.45, 7) is 4.17. The third-order valence-corrected chi connectivity index (χ3v) is 1.59. The number of rotatable bonds is 3. The number of ether oxygens (including phenoxy) is 1. The fourth-order valence-electron chi connectivity index (χ4n) is 1.09. The predicted molar refractivity (Wildman–Crippen MR) is 49.3 cm³/mol. The quantitative estimate of drug-likeness (QED) is 0.660. The summed E-state index contributed by atoms with van der Waals surface area (Å²) >= 11 is 0. The summed E-state index contributed by atoms with van der Waals surface area (Å²) in [5.74, 6) is -0.199. The Hall–Kier alpha value is -1.38. The summed E-state index contributed by atoms with van der Waals surface area (Å²) < 4.78 is 4.82. The largest absolute Gasteiger partial charge is 0.466 e. The van der Waals surface area contributed by atoms with Crippen LogP contribution in [-0.4, -0.2) is 17.6 Å². The molecule has 1 rings (SSSR count). The number of nitrogens with zero attached hydrogens (tertiary/aromatic N) is 1. The molecule has 13 heavy (non-hydrogen) atoms. The Morgan fingerprint density at radius 2 is 2.31 bits per heavy atom. The molecule has 1 heterocycles. The van der Waals surface area contributed by atoms with Gasteiger partial charge in [-0.1, -0.05) is 6.07 Å². The molecular weight excluding hydrogens is 166 g/mol. The van der Waals surface area contributed by atoms with Gasteiger partial charge in [-0.15, -0.1) is 0 Å². The third-order valence-electron chi connectivity index (χ3n) is 1.59. The first-order valence-electron chi connectivity index (χ1n) is 4.28. The van der Waals surface area contributed by atoms with Crippen LogP contribution in [0.4, 0.5) is 0 Å². The van der Waals surface area contributed by atoms with Crippen LogP contribution in [0, 0.1) is 6.92 Å². The van der Waals surface area contributed by atoms with E-state index in [9.17, 15) is 4.79 Å². The Labute approximate surface area is 77.8 Å². The van der Waals surface area contributed by atoms with Crippen LogP contribution in [0.3, 0.4) is 0 Å². The molecule has 0 saturated heterocycles. The normalized spacial score (nSPS) is 9.69. The Morgan fingerprint density at radius 1 is 1.54 bits per heavy atom. The number of pyridine rings is 1. The molecule has 0 unspecified atom stereocenters. The van der Waals surface area contributed by atoms with Gasteiger partial charge in [-0.05, 0) is 25.0 Å². The predicted octanol–water partition coefficient (Wildman–Crippen LogP) is 1.50. The molecule has 1 aromatic heterocycles. The Morgan fingerprint density at radius 3 is 2.92 bits per heavy atom. The van der Waals surface area contributed by atoms with Gasteiger partial charge in [-0.3, -0.25) is 9.78 Å². The van der Waals surface area contributed by atoms with Crippen molar-refractivity contribution in [1.29, 1.82) is 0 Å². The van der Waals surface area contributed by atoms with Gasteiger partial charge in [0.15, 0.2) is 0 Å². The molecule has 0 aliphatic carbocycles. The molecule has 3 nitrogen and oxygen atoms in total. The van der Waals surface area contributed by atoms with Crippen molar-refractivity contribution in [1.82, 2.24) is 4.98 Å². The zero-order valence-electron chi connectivity index (χ0n) is 7.91. The van der Waals surface area contributed by atoms with Gasteiger partial charge in [-0.2, -0.15) is 0 Å². The monoisotopic (exact) mass is 179 g/mol. The fraction of sp³-hybridized carbons (Fsp3) is 0.400. The standard InChI is InChI=1S/C10H13NO2/c1-3-13-10(12)5-9-4-8(2)6-11-7-9/h4,6-7H,3,5H2,1-2H3. The topological polar surface area (TPSA) is 39.2 Å². The second-order valence-electron chi connectivity index (χ2n) is 2.85. The molecule has 0 aliphatic heterocycles. The SMILES string of the molecule is CCOC(=O)Cc1cncc(C)c1. The van der Waals surface area contributed by atoms with E-state index in [2.05, 4.69) is 4.98 Å². The first-order chi connectivity index (χ1) is 6.22. The van der Waals surface area contributed by atoms with E-state index < -0.39 is 0 Å². The molecule has 0 saturated carbocycles. The maximum absolute atomic E-state index is 11.1. The van der Waals surface area contributed by atoms with E-state index in [1.165, 1.54) is 0 Å². The van der Waals surface area contributed by atoms with E-state index in [0.717, 1.165) is 11.1 Å². The molecule has 0 spiro atoms. The number of esters is 1. The first-order valence-corrected chi connectivity index (χ1v) is 4.28. The van der Waals surface area contributed by atoms with Crippen LogP contribution in [0.1, 0.15) is 18.1 Å². The van der Waals surface area contributed by atoms with Crippen LogP contribution in [-0.2, 0) is 16.0 Å². The smallest absolute Gasteiger partial charge is 0.310 e. The summed E-state index contributed by atoms with van der Waals surface area (Å²) in [5.41, 5.74) is 1.96. The Kier molecular flexibility index (Phi) is 3.43. The number of aromatic nitrogens is 1. The van der Waals surface area contributed by atoms with Crippen molar-refractivity contribution in [3.05, 3.63) is 29.6 Å². The average molecular weight is 179 g/mol. The summed E-state index contributed by atoms with van der Waals surface area (Å²) in [5, 5.41) is 0. The van der Waals surface area contributed by atoms with Gasteiger partial charge in [-0.25, -0.2) is 0 Å². The van der Waals surface area contributed by atoms with E-state index in [-0.39, 0.29) is 5.97 Å². The lowest BCUT2D eigenvalue weighted by Crippen LogP contribution is -2.07. The molecule has 0 aromatic carbocycles. The molecule has 0 atom stereocenters. The first kappa shape index (κ1) is 9.71. The number of carbonyl (C=O) groups excluding carboxylic acids is 1. The number of aryl methyl sites for hydroxylation is 1. The van der Waals surface area contributed by atoms with Gasteiger partial charge in [0.2, 0.25) is 0 Å². The van der Waals surface area contributed by atoms with Gasteiger partial charge in [0.25, 0.3) is 0 Å². The maximum Gasteiger partial charge on any atom is 0.310 e. The minimum atomic E-state index is -0.199. The average Bonchev–Trinajstić information content (AvgIpc) is 2.04. The van der Waals surface area contributed by atoms with E-state index in [1.54, 1.807) is 19.3 Å². The molecule has 0 fully saturated rings. The summed E-state index contributed by atoms with van der Waals surface area (Å²) in [6.07, 6.45) is 3.75. The molecule has 0 radical (unpaired) electrons. The lowest BCUT2D eigenvalue weighted by atomic mass is 10.2. The second-order valence-corrected chi connectivity index (χ2v) is 2.85. The second kappa shape index (κ2) is 4.60. The van der Waals surface area contributed by atoms with E-state index in [0.29, 0.717) is 13.0 Å². The van der Waals surface area contributed by atoms with E-state index in [1.807, 2.05) is 13.0 Å². The highest BCUT2D eigenvalue weighted by molar-refractivity contribution is 5.72. The molecule has 0 amide bonds. The van der Waals surface area contributed by atoms with Crippen molar-refractivity contribution in [3.8, 4) is 0 Å². The minimum Gasteiger partial charge on any atom is -0.466 e. The van der Waals surface area contributed by atoms with Gasteiger partial charge in [0.05, 0.1) is 13.0 Å². The van der Waals surface area contributed by atoms with E-state index >= 15 is 0 Å². The zero-order valence-corrected chi connectivity index (χ0v) is 7.91. The lowest BCUT2D eigenvalue weighted by Gasteiger charge is -2.01. The van der Waals surface area contributed by atoms with Crippen molar-refractivity contribution in [2.75, 3.05) is 6.61 Å². The fourth-order valence-corrected chi connectivity index (χ4v) is 1.09. The molecule has 0 N–H and O–H groups in total. The molecule has 0 bridgehead atoms. The van der Waals surface area contributed by atoms with Gasteiger partial charge < -0.3 is 4.74 Å². The van der Waals surface area contributed by atoms with Crippen molar-refractivity contribution in [2.45, 2.75) is 20.3 Å². The number of carbonyl (C=O) groups is 1. The molecule has 3 heteroatoms. The Balaban J connectivity index is 2.58. The van der Waals surface area contributed by atoms with Crippen LogP contribution in [0.25, 0.3) is 0 Å². The lowest BCUT2D eigenvalue weighted by molar-refractivity contribution is -0.142. The highest BCUT2D eigenvalue weighted by atomic mass is 16.5. The molecule has 70 valence electrons. The van der Waals surface area contributed by atoms with Crippen molar-refractivity contribution in [2.24, 2.45) is 0 Å². The van der Waals surface area contributed by atoms with Crippen LogP contribution >= 0.6 is 0 Å². The van der Waals surface area contributed by atoms with Crippen molar-refractivity contribution in [3.63, 3.8) is 0 Å². The summed E-state index contributed by atoms with van der Waals surface area (Å²) in [7, 11) is 0. The highest BCUT2D eigenvalue weighted by Gasteiger charge is 2.03.